The molecule has 1 atom stereocenters. The van der Waals surface area contributed by atoms with Crippen molar-refractivity contribution in [3.05, 3.63) is 0 Å². The van der Waals surface area contributed by atoms with Crippen molar-refractivity contribution in [1.82, 2.24) is 5.32 Å². The number of rotatable bonds is 5. The van der Waals surface area contributed by atoms with Gasteiger partial charge in [-0.15, -0.1) is 0 Å². The molecule has 0 aromatic rings. The van der Waals surface area contributed by atoms with Gasteiger partial charge in [-0.1, -0.05) is 13.8 Å². The molecule has 2 N–H and O–H groups in total. The Kier molecular flexibility index (Phi) is 5.64. The number of hydrogen-bond donors (Lipinski definition) is 2. The minimum atomic E-state index is 0.310. The Morgan fingerprint density at radius 3 is 2.30 bits per heavy atom. The van der Waals surface area contributed by atoms with Crippen LogP contribution in [0.25, 0.3) is 0 Å². The maximum Gasteiger partial charge on any atom is 0.0431 e. The van der Waals surface area contributed by atoms with E-state index in [2.05, 4.69) is 26.1 Å². The lowest BCUT2D eigenvalue weighted by molar-refractivity contribution is 0.275. The Balaban J connectivity index is 3.16. The number of aliphatic hydroxyl groups excluding tert-OH is 1. The average Bonchev–Trinajstić information content (AvgIpc) is 1.82. The molecule has 0 aliphatic carbocycles. The molecule has 0 aromatic heterocycles. The van der Waals surface area contributed by atoms with Gasteiger partial charge in [0.1, 0.15) is 0 Å². The first-order valence-corrected chi connectivity index (χ1v) is 4.03. The molecule has 0 radical (unpaired) electrons. The molecule has 0 aromatic carbocycles. The Morgan fingerprint density at radius 2 is 1.90 bits per heavy atom. The second kappa shape index (κ2) is 5.69. The number of hydrogen-bond acceptors (Lipinski definition) is 2. The van der Waals surface area contributed by atoms with Gasteiger partial charge in [0.2, 0.25) is 0 Å². The van der Waals surface area contributed by atoms with E-state index in [1.807, 2.05) is 0 Å². The van der Waals surface area contributed by atoms with Crippen LogP contribution in [0, 0.1) is 0 Å². The lowest BCUT2D eigenvalue weighted by atomic mass is 10.2. The fourth-order valence-electron chi connectivity index (χ4n) is 1.05. The van der Waals surface area contributed by atoms with Crippen LogP contribution in [0.3, 0.4) is 0 Å². The molecular formula is C8H19NO. The van der Waals surface area contributed by atoms with Crippen LogP contribution in [-0.4, -0.2) is 23.8 Å². The summed E-state index contributed by atoms with van der Waals surface area (Å²) in [7, 11) is 0. The van der Waals surface area contributed by atoms with Crippen LogP contribution in [-0.2, 0) is 0 Å². The Morgan fingerprint density at radius 1 is 1.30 bits per heavy atom. The third kappa shape index (κ3) is 6.05. The van der Waals surface area contributed by atoms with E-state index in [4.69, 9.17) is 5.11 Å². The monoisotopic (exact) mass is 145 g/mol. The predicted molar refractivity (Wildman–Crippen MR) is 44.1 cm³/mol. The summed E-state index contributed by atoms with van der Waals surface area (Å²) in [6, 6.07) is 1.08. The predicted octanol–water partition coefficient (Wildman–Crippen LogP) is 1.15. The fraction of sp³-hybridized carbons (Fsp3) is 1.00. The Labute approximate surface area is 63.6 Å². The van der Waals surface area contributed by atoms with Crippen molar-refractivity contribution in [2.75, 3.05) is 6.61 Å². The minimum Gasteiger partial charge on any atom is -0.396 e. The van der Waals surface area contributed by atoms with Gasteiger partial charge in [0.25, 0.3) is 0 Å². The molecule has 0 aliphatic rings. The Hall–Kier alpha value is -0.0800. The highest BCUT2D eigenvalue weighted by atomic mass is 16.2. The highest BCUT2D eigenvalue weighted by Gasteiger charge is 2.01. The minimum absolute atomic E-state index is 0.310. The number of nitrogens with one attached hydrogen (secondary N) is 1. The molecule has 2 nitrogen and oxygen atoms in total. The van der Waals surface area contributed by atoms with Gasteiger partial charge in [0.05, 0.1) is 0 Å². The standard InChI is InChI=1S/C8H19NO/c1-7(2)9-8(3)5-4-6-10/h7-10H,4-6H2,1-3H3. The second-order valence-electron chi connectivity index (χ2n) is 3.09. The van der Waals surface area contributed by atoms with Crippen LogP contribution in [0.5, 0.6) is 0 Å². The molecule has 0 bridgehead atoms. The maximum absolute atomic E-state index is 8.52. The average molecular weight is 145 g/mol. The van der Waals surface area contributed by atoms with Crippen LogP contribution >= 0.6 is 0 Å². The summed E-state index contributed by atoms with van der Waals surface area (Å²) in [5.41, 5.74) is 0. The van der Waals surface area contributed by atoms with Crippen LogP contribution < -0.4 is 5.32 Å². The largest absolute Gasteiger partial charge is 0.396 e. The van der Waals surface area contributed by atoms with Crippen molar-refractivity contribution in [2.45, 2.75) is 45.7 Å². The smallest absolute Gasteiger partial charge is 0.0431 e. The molecule has 0 spiro atoms. The molecule has 0 saturated heterocycles. The maximum atomic E-state index is 8.52. The molecule has 62 valence electrons. The summed E-state index contributed by atoms with van der Waals surface area (Å²) in [5.74, 6) is 0. The van der Waals surface area contributed by atoms with Gasteiger partial charge >= 0.3 is 0 Å². The van der Waals surface area contributed by atoms with Crippen molar-refractivity contribution in [3.63, 3.8) is 0 Å². The van der Waals surface area contributed by atoms with Crippen molar-refractivity contribution in [2.24, 2.45) is 0 Å². The van der Waals surface area contributed by atoms with Crippen molar-refractivity contribution in [1.29, 1.82) is 0 Å². The zero-order valence-corrected chi connectivity index (χ0v) is 7.22. The molecular weight excluding hydrogens is 126 g/mol. The molecule has 0 aliphatic heterocycles. The first-order chi connectivity index (χ1) is 4.66. The van der Waals surface area contributed by atoms with E-state index in [1.165, 1.54) is 0 Å². The van der Waals surface area contributed by atoms with Gasteiger partial charge < -0.3 is 10.4 Å². The third-order valence-electron chi connectivity index (χ3n) is 1.41. The van der Waals surface area contributed by atoms with Crippen LogP contribution in [0.1, 0.15) is 33.6 Å². The van der Waals surface area contributed by atoms with Crippen LogP contribution in [0.2, 0.25) is 0 Å². The number of aliphatic hydroxyl groups is 1. The zero-order chi connectivity index (χ0) is 7.98. The second-order valence-corrected chi connectivity index (χ2v) is 3.09. The van der Waals surface area contributed by atoms with Crippen molar-refractivity contribution < 1.29 is 5.11 Å². The van der Waals surface area contributed by atoms with E-state index < -0.39 is 0 Å². The summed E-state index contributed by atoms with van der Waals surface area (Å²) in [4.78, 5) is 0. The summed E-state index contributed by atoms with van der Waals surface area (Å²) in [6.07, 6.45) is 1.97. The summed E-state index contributed by atoms with van der Waals surface area (Å²) >= 11 is 0. The highest BCUT2D eigenvalue weighted by molar-refractivity contribution is 4.62. The third-order valence-corrected chi connectivity index (χ3v) is 1.41. The van der Waals surface area contributed by atoms with E-state index in [1.54, 1.807) is 0 Å². The molecule has 0 saturated carbocycles. The lowest BCUT2D eigenvalue weighted by Crippen LogP contribution is -2.32. The molecule has 0 fully saturated rings. The van der Waals surface area contributed by atoms with Gasteiger partial charge in [-0.05, 0) is 19.8 Å². The normalized spacial score (nSPS) is 14.1. The van der Waals surface area contributed by atoms with Gasteiger partial charge in [-0.3, -0.25) is 0 Å². The Bertz CT molecular complexity index is 73.7. The summed E-state index contributed by atoms with van der Waals surface area (Å²) < 4.78 is 0. The van der Waals surface area contributed by atoms with Gasteiger partial charge in [0, 0.05) is 18.7 Å². The first-order valence-electron chi connectivity index (χ1n) is 4.03. The summed E-state index contributed by atoms with van der Waals surface area (Å²) in [6.45, 7) is 6.73. The molecule has 2 heteroatoms. The molecule has 10 heavy (non-hydrogen) atoms. The van der Waals surface area contributed by atoms with Crippen LogP contribution in [0.4, 0.5) is 0 Å². The molecule has 1 unspecified atom stereocenters. The van der Waals surface area contributed by atoms with E-state index in [0.29, 0.717) is 18.7 Å². The lowest BCUT2D eigenvalue weighted by Gasteiger charge is -2.15. The zero-order valence-electron chi connectivity index (χ0n) is 7.22. The SMILES string of the molecule is CC(C)NC(C)CCCO. The summed E-state index contributed by atoms with van der Waals surface area (Å²) in [5, 5.41) is 11.9. The molecule has 0 heterocycles. The van der Waals surface area contributed by atoms with E-state index in [9.17, 15) is 0 Å². The highest BCUT2D eigenvalue weighted by Crippen LogP contribution is 1.96. The molecule has 0 rings (SSSR count). The topological polar surface area (TPSA) is 32.3 Å². The fourth-order valence-corrected chi connectivity index (χ4v) is 1.05. The van der Waals surface area contributed by atoms with Crippen LogP contribution in [0.15, 0.2) is 0 Å². The van der Waals surface area contributed by atoms with E-state index in [0.717, 1.165) is 12.8 Å². The van der Waals surface area contributed by atoms with Gasteiger partial charge in [-0.25, -0.2) is 0 Å². The van der Waals surface area contributed by atoms with E-state index in [-0.39, 0.29) is 0 Å². The van der Waals surface area contributed by atoms with Crippen molar-refractivity contribution in [3.8, 4) is 0 Å². The quantitative estimate of drug-likeness (QED) is 0.608. The van der Waals surface area contributed by atoms with Crippen molar-refractivity contribution >= 4 is 0 Å². The van der Waals surface area contributed by atoms with Gasteiger partial charge in [0.15, 0.2) is 0 Å². The van der Waals surface area contributed by atoms with Gasteiger partial charge in [-0.2, -0.15) is 0 Å². The molecule has 0 amide bonds. The first kappa shape index (κ1) is 9.92. The van der Waals surface area contributed by atoms with E-state index >= 15 is 0 Å².